The Hall–Kier alpha value is -1.24. The van der Waals surface area contributed by atoms with Gasteiger partial charge in [0, 0.05) is 30.5 Å². The summed E-state index contributed by atoms with van der Waals surface area (Å²) in [7, 11) is -1.88. The van der Waals surface area contributed by atoms with Crippen LogP contribution >= 0.6 is 0 Å². The standard InChI is InChI=1S/C16H32N4O3Si/c1-15(2,3)23-14(21)20-9-12(13(10-20)18-19-17)11-22-24(7,8)16(4,5)6/h12-13H,9-11H2,1-8H3/t12-,13-/m0/s1. The van der Waals surface area contributed by atoms with Gasteiger partial charge in [0.25, 0.3) is 0 Å². The Morgan fingerprint density at radius 2 is 1.83 bits per heavy atom. The van der Waals surface area contributed by atoms with Crippen LogP contribution < -0.4 is 0 Å². The van der Waals surface area contributed by atoms with Crippen molar-refractivity contribution in [3.8, 4) is 0 Å². The quantitative estimate of drug-likeness (QED) is 0.320. The van der Waals surface area contributed by atoms with Crippen LogP contribution in [0, 0.1) is 5.92 Å². The summed E-state index contributed by atoms with van der Waals surface area (Å²) >= 11 is 0. The van der Waals surface area contributed by atoms with Crippen LogP contribution in [0.5, 0.6) is 0 Å². The maximum atomic E-state index is 12.3. The average molecular weight is 357 g/mol. The molecule has 7 nitrogen and oxygen atoms in total. The lowest BCUT2D eigenvalue weighted by Gasteiger charge is -2.37. The molecule has 2 atom stereocenters. The topological polar surface area (TPSA) is 87.5 Å². The van der Waals surface area contributed by atoms with E-state index in [1.165, 1.54) is 0 Å². The number of hydrogen-bond acceptors (Lipinski definition) is 4. The third-order valence-corrected chi connectivity index (χ3v) is 9.22. The molecule has 0 aliphatic carbocycles. The second kappa shape index (κ2) is 7.33. The predicted molar refractivity (Wildman–Crippen MR) is 97.4 cm³/mol. The van der Waals surface area contributed by atoms with E-state index in [1.807, 2.05) is 20.8 Å². The van der Waals surface area contributed by atoms with Crippen LogP contribution in [0.2, 0.25) is 18.1 Å². The van der Waals surface area contributed by atoms with Gasteiger partial charge in [-0.1, -0.05) is 25.9 Å². The Morgan fingerprint density at radius 3 is 2.29 bits per heavy atom. The highest BCUT2D eigenvalue weighted by atomic mass is 28.4. The van der Waals surface area contributed by atoms with E-state index >= 15 is 0 Å². The molecule has 0 aromatic rings. The number of hydrogen-bond donors (Lipinski definition) is 0. The minimum absolute atomic E-state index is 0.00235. The molecule has 0 radical (unpaired) electrons. The molecule has 1 fully saturated rings. The molecule has 0 aromatic carbocycles. The summed E-state index contributed by atoms with van der Waals surface area (Å²) < 4.78 is 11.7. The van der Waals surface area contributed by atoms with E-state index in [0.29, 0.717) is 19.7 Å². The van der Waals surface area contributed by atoms with Gasteiger partial charge in [0.05, 0.1) is 6.04 Å². The normalized spacial score (nSPS) is 22.2. The third-order valence-electron chi connectivity index (χ3n) is 4.72. The maximum Gasteiger partial charge on any atom is 0.410 e. The Balaban J connectivity index is 2.76. The molecule has 1 heterocycles. The molecule has 1 aliphatic heterocycles. The van der Waals surface area contributed by atoms with Crippen LogP contribution in [0.25, 0.3) is 10.4 Å². The highest BCUT2D eigenvalue weighted by Crippen LogP contribution is 2.37. The molecular formula is C16H32N4O3Si. The average Bonchev–Trinajstić information content (AvgIpc) is 2.77. The van der Waals surface area contributed by atoms with E-state index in [1.54, 1.807) is 4.90 Å². The van der Waals surface area contributed by atoms with Crippen LogP contribution in [-0.2, 0) is 9.16 Å². The lowest BCUT2D eigenvalue weighted by Crippen LogP contribution is -2.43. The molecular weight excluding hydrogens is 324 g/mol. The molecule has 1 saturated heterocycles. The van der Waals surface area contributed by atoms with E-state index in [9.17, 15) is 4.79 Å². The van der Waals surface area contributed by atoms with Crippen molar-refractivity contribution in [2.24, 2.45) is 11.0 Å². The molecule has 138 valence electrons. The van der Waals surface area contributed by atoms with Gasteiger partial charge in [0.1, 0.15) is 5.60 Å². The van der Waals surface area contributed by atoms with Crippen molar-refractivity contribution in [1.82, 2.24) is 4.90 Å². The molecule has 1 rings (SSSR count). The first-order chi connectivity index (χ1) is 10.8. The van der Waals surface area contributed by atoms with Crippen molar-refractivity contribution in [3.05, 3.63) is 10.4 Å². The van der Waals surface area contributed by atoms with Crippen LogP contribution in [0.15, 0.2) is 5.11 Å². The fourth-order valence-electron chi connectivity index (χ4n) is 2.22. The highest BCUT2D eigenvalue weighted by Gasteiger charge is 2.41. The Labute approximate surface area is 146 Å². The largest absolute Gasteiger partial charge is 0.444 e. The van der Waals surface area contributed by atoms with Gasteiger partial charge in [0.2, 0.25) is 0 Å². The third kappa shape index (κ3) is 5.68. The van der Waals surface area contributed by atoms with Crippen LogP contribution in [0.1, 0.15) is 41.5 Å². The number of carbonyl (C=O) groups is 1. The molecule has 0 unspecified atom stereocenters. The molecule has 0 spiro atoms. The van der Waals surface area contributed by atoms with Crippen LogP contribution in [0.4, 0.5) is 4.79 Å². The lowest BCUT2D eigenvalue weighted by molar-refractivity contribution is 0.0283. The Kier molecular flexibility index (Phi) is 6.35. The zero-order valence-corrected chi connectivity index (χ0v) is 17.3. The van der Waals surface area contributed by atoms with Crippen molar-refractivity contribution < 1.29 is 14.0 Å². The first-order valence-corrected chi connectivity index (χ1v) is 11.3. The molecule has 0 aromatic heterocycles. The summed E-state index contributed by atoms with van der Waals surface area (Å²) in [6.07, 6.45) is -0.365. The van der Waals surface area contributed by atoms with Gasteiger partial charge in [-0.2, -0.15) is 0 Å². The van der Waals surface area contributed by atoms with E-state index in [0.717, 1.165) is 0 Å². The van der Waals surface area contributed by atoms with Gasteiger partial charge in [-0.25, -0.2) is 4.79 Å². The lowest BCUT2D eigenvalue weighted by atomic mass is 10.1. The molecule has 8 heteroatoms. The zero-order chi connectivity index (χ0) is 18.8. The molecule has 24 heavy (non-hydrogen) atoms. The SMILES string of the molecule is CC(C)(C)OC(=O)N1C[C@@H](CO[Si](C)(C)C(C)(C)C)[C@@H](N=[N+]=[N-])C1. The van der Waals surface area contributed by atoms with Gasteiger partial charge in [-0.05, 0) is 44.4 Å². The number of likely N-dealkylation sites (tertiary alicyclic amines) is 1. The minimum Gasteiger partial charge on any atom is -0.444 e. The molecule has 0 saturated carbocycles. The predicted octanol–water partition coefficient (Wildman–Crippen LogP) is 4.55. The first kappa shape index (κ1) is 20.8. The molecule has 0 N–H and O–H groups in total. The van der Waals surface area contributed by atoms with E-state index in [-0.39, 0.29) is 23.1 Å². The highest BCUT2D eigenvalue weighted by molar-refractivity contribution is 6.74. The van der Waals surface area contributed by atoms with E-state index in [4.69, 9.17) is 14.7 Å². The smallest absolute Gasteiger partial charge is 0.410 e. The Bertz CT molecular complexity index is 504. The van der Waals surface area contributed by atoms with Gasteiger partial charge in [-0.15, -0.1) is 0 Å². The van der Waals surface area contributed by atoms with Crippen molar-refractivity contribution >= 4 is 14.4 Å². The number of azide groups is 1. The summed E-state index contributed by atoms with van der Waals surface area (Å²) in [6.45, 7) is 17.8. The summed E-state index contributed by atoms with van der Waals surface area (Å²) in [5.74, 6) is 0.00235. The zero-order valence-electron chi connectivity index (χ0n) is 16.3. The fraction of sp³-hybridized carbons (Fsp3) is 0.938. The number of nitrogens with zero attached hydrogens (tertiary/aromatic N) is 4. The number of carbonyl (C=O) groups excluding carboxylic acids is 1. The van der Waals surface area contributed by atoms with E-state index in [2.05, 4.69) is 43.9 Å². The van der Waals surface area contributed by atoms with Gasteiger partial charge in [-0.3, -0.25) is 0 Å². The Morgan fingerprint density at radius 1 is 1.25 bits per heavy atom. The second-order valence-electron chi connectivity index (χ2n) is 8.99. The van der Waals surface area contributed by atoms with E-state index < -0.39 is 13.9 Å². The fourth-order valence-corrected chi connectivity index (χ4v) is 3.29. The van der Waals surface area contributed by atoms with Crippen molar-refractivity contribution in [2.45, 2.75) is 71.3 Å². The van der Waals surface area contributed by atoms with Crippen LogP contribution in [-0.4, -0.2) is 50.6 Å². The number of ether oxygens (including phenoxy) is 1. The number of rotatable bonds is 4. The van der Waals surface area contributed by atoms with Crippen molar-refractivity contribution in [2.75, 3.05) is 19.7 Å². The van der Waals surface area contributed by atoms with Crippen molar-refractivity contribution in [3.63, 3.8) is 0 Å². The first-order valence-electron chi connectivity index (χ1n) is 8.43. The van der Waals surface area contributed by atoms with Crippen molar-refractivity contribution in [1.29, 1.82) is 0 Å². The molecule has 1 aliphatic rings. The van der Waals surface area contributed by atoms with Crippen LogP contribution in [0.3, 0.4) is 0 Å². The summed E-state index contributed by atoms with van der Waals surface area (Å²) in [4.78, 5) is 16.8. The monoisotopic (exact) mass is 356 g/mol. The second-order valence-corrected chi connectivity index (χ2v) is 13.8. The summed E-state index contributed by atoms with van der Waals surface area (Å²) in [5.41, 5.74) is 8.26. The maximum absolute atomic E-state index is 12.3. The molecule has 0 bridgehead atoms. The number of amides is 1. The van der Waals surface area contributed by atoms with Gasteiger partial charge < -0.3 is 14.1 Å². The van der Waals surface area contributed by atoms with Gasteiger partial charge >= 0.3 is 6.09 Å². The molecule has 1 amide bonds. The summed E-state index contributed by atoms with van der Waals surface area (Å²) in [6, 6.07) is -0.271. The van der Waals surface area contributed by atoms with Gasteiger partial charge in [0.15, 0.2) is 8.32 Å². The summed E-state index contributed by atoms with van der Waals surface area (Å²) in [5, 5.41) is 3.98. The minimum atomic E-state index is -1.88.